The summed E-state index contributed by atoms with van der Waals surface area (Å²) in [6.45, 7) is 3.53. The predicted molar refractivity (Wildman–Crippen MR) is 128 cm³/mol. The Morgan fingerprint density at radius 3 is 2.15 bits per heavy atom. The molecule has 180 valence electrons. The summed E-state index contributed by atoms with van der Waals surface area (Å²) in [6, 6.07) is 13.9. The molecule has 0 spiro atoms. The molecule has 1 aliphatic carbocycles. The van der Waals surface area contributed by atoms with Crippen LogP contribution in [0, 0.1) is 11.3 Å². The van der Waals surface area contributed by atoms with Crippen molar-refractivity contribution in [2.24, 2.45) is 11.7 Å². The van der Waals surface area contributed by atoms with Gasteiger partial charge >= 0.3 is 5.97 Å². The van der Waals surface area contributed by atoms with Gasteiger partial charge in [-0.25, -0.2) is 0 Å². The van der Waals surface area contributed by atoms with E-state index in [4.69, 9.17) is 16.2 Å². The van der Waals surface area contributed by atoms with Gasteiger partial charge in [0.05, 0.1) is 12.6 Å². The fourth-order valence-electron chi connectivity index (χ4n) is 4.22. The number of fused-ring (bicyclic) bond motifs is 1. The second-order valence-electron chi connectivity index (χ2n) is 8.98. The van der Waals surface area contributed by atoms with Crippen molar-refractivity contribution in [1.29, 1.82) is 5.41 Å². The molecule has 9 nitrogen and oxygen atoms in total. The Labute approximate surface area is 198 Å². The largest absolute Gasteiger partial charge is 0.480 e. The van der Waals surface area contributed by atoms with E-state index < -0.39 is 23.5 Å². The van der Waals surface area contributed by atoms with E-state index in [0.29, 0.717) is 18.4 Å². The van der Waals surface area contributed by atoms with Crippen LogP contribution in [0.3, 0.4) is 0 Å². The molecule has 1 aliphatic rings. The number of nitrogens with one attached hydrogen (secondary N) is 4. The molecule has 0 bridgehead atoms. The molecule has 0 aliphatic heterocycles. The maximum absolute atomic E-state index is 13.5. The normalized spacial score (nSPS) is 14.8. The van der Waals surface area contributed by atoms with Crippen LogP contribution in [0.1, 0.15) is 36.1 Å². The number of hydrogen-bond donors (Lipinski definition) is 6. The van der Waals surface area contributed by atoms with Crippen LogP contribution in [-0.4, -0.2) is 46.9 Å². The fourth-order valence-corrected chi connectivity index (χ4v) is 4.22. The first-order valence-electron chi connectivity index (χ1n) is 11.2. The fraction of sp³-hybridized carbons (Fsp3) is 0.360. The smallest absolute Gasteiger partial charge is 0.317 e. The minimum absolute atomic E-state index is 0.0304. The first-order chi connectivity index (χ1) is 16.1. The summed E-state index contributed by atoms with van der Waals surface area (Å²) in [5.41, 5.74) is 7.72. The van der Waals surface area contributed by atoms with Crippen molar-refractivity contribution in [3.63, 3.8) is 0 Å². The molecular formula is C25H31N5O4. The van der Waals surface area contributed by atoms with Crippen LogP contribution in [0.2, 0.25) is 0 Å². The summed E-state index contributed by atoms with van der Waals surface area (Å²) in [7, 11) is 0. The number of aliphatic carboxylic acids is 1. The lowest BCUT2D eigenvalue weighted by Crippen LogP contribution is -2.63. The summed E-state index contributed by atoms with van der Waals surface area (Å²) >= 11 is 0. The van der Waals surface area contributed by atoms with Gasteiger partial charge in [0.25, 0.3) is 0 Å². The van der Waals surface area contributed by atoms with E-state index in [9.17, 15) is 14.4 Å². The Morgan fingerprint density at radius 2 is 1.65 bits per heavy atom. The zero-order valence-electron chi connectivity index (χ0n) is 19.4. The van der Waals surface area contributed by atoms with Crippen molar-refractivity contribution in [2.45, 2.75) is 44.8 Å². The summed E-state index contributed by atoms with van der Waals surface area (Å²) < 4.78 is 0. The van der Waals surface area contributed by atoms with Gasteiger partial charge in [0.1, 0.15) is 11.4 Å². The zero-order valence-corrected chi connectivity index (χ0v) is 19.4. The van der Waals surface area contributed by atoms with Crippen LogP contribution in [0.15, 0.2) is 48.5 Å². The van der Waals surface area contributed by atoms with Crippen LogP contribution in [0.5, 0.6) is 0 Å². The Bertz CT molecular complexity index is 1060. The minimum Gasteiger partial charge on any atom is -0.480 e. The van der Waals surface area contributed by atoms with E-state index in [1.165, 1.54) is 0 Å². The summed E-state index contributed by atoms with van der Waals surface area (Å²) in [5.74, 6) is -1.99. The molecule has 9 heteroatoms. The number of nitrogens with two attached hydrogens (primary N) is 1. The number of carbonyl (C=O) groups is 3. The summed E-state index contributed by atoms with van der Waals surface area (Å²) in [6.07, 6.45) is 0.682. The van der Waals surface area contributed by atoms with Crippen LogP contribution in [-0.2, 0) is 33.8 Å². The van der Waals surface area contributed by atoms with E-state index in [1.54, 1.807) is 24.3 Å². The van der Waals surface area contributed by atoms with E-state index in [-0.39, 0.29) is 30.8 Å². The van der Waals surface area contributed by atoms with Gasteiger partial charge in [-0.3, -0.25) is 25.1 Å². The third-order valence-electron chi connectivity index (χ3n) is 6.04. The lowest BCUT2D eigenvalue weighted by Gasteiger charge is -2.32. The third-order valence-corrected chi connectivity index (χ3v) is 6.04. The van der Waals surface area contributed by atoms with Crippen LogP contribution in [0.25, 0.3) is 0 Å². The maximum Gasteiger partial charge on any atom is 0.317 e. The Balaban J connectivity index is 1.79. The number of benzene rings is 2. The molecule has 1 atom stereocenters. The molecule has 0 saturated carbocycles. The number of nitrogen functional groups attached to an aromatic ring is 1. The van der Waals surface area contributed by atoms with Gasteiger partial charge in [-0.2, -0.15) is 0 Å². The molecule has 0 fully saturated rings. The lowest BCUT2D eigenvalue weighted by molar-refractivity contribution is -0.137. The van der Waals surface area contributed by atoms with Crippen molar-refractivity contribution in [2.75, 3.05) is 6.54 Å². The predicted octanol–water partition coefficient (Wildman–Crippen LogP) is 0.939. The molecule has 2 amide bonds. The van der Waals surface area contributed by atoms with E-state index in [2.05, 4.69) is 16.0 Å². The van der Waals surface area contributed by atoms with Crippen molar-refractivity contribution < 1.29 is 19.5 Å². The van der Waals surface area contributed by atoms with Gasteiger partial charge < -0.3 is 21.5 Å². The average molecular weight is 466 g/mol. The first-order valence-corrected chi connectivity index (χ1v) is 11.2. The van der Waals surface area contributed by atoms with E-state index in [0.717, 1.165) is 16.7 Å². The number of amidine groups is 1. The van der Waals surface area contributed by atoms with Crippen LogP contribution >= 0.6 is 0 Å². The van der Waals surface area contributed by atoms with E-state index >= 15 is 0 Å². The zero-order chi connectivity index (χ0) is 24.9. The van der Waals surface area contributed by atoms with Crippen molar-refractivity contribution >= 4 is 23.6 Å². The van der Waals surface area contributed by atoms with Crippen LogP contribution < -0.4 is 21.7 Å². The molecule has 2 aromatic carbocycles. The molecule has 7 N–H and O–H groups in total. The molecular weight excluding hydrogens is 434 g/mol. The number of carboxylic acid groups (broad SMARTS) is 1. The standard InChI is InChI=1S/C25H31N5O4/c1-15(2)21(28-14-20(31)32)23(33)30-25(11-18-5-3-4-6-19(18)12-25)24(34)29-13-16-7-9-17(10-8-16)22(26)27/h3-10,15,21,28H,11-14H2,1-2H3,(H3,26,27)(H,29,34)(H,30,33)(H,31,32)/t21-/m1/s1. The topological polar surface area (TPSA) is 157 Å². The molecule has 2 aromatic rings. The second-order valence-corrected chi connectivity index (χ2v) is 8.98. The number of carboxylic acids is 1. The van der Waals surface area contributed by atoms with Crippen molar-refractivity contribution in [3.05, 3.63) is 70.8 Å². The maximum atomic E-state index is 13.5. The molecule has 0 radical (unpaired) electrons. The van der Waals surface area contributed by atoms with Gasteiger partial charge in [-0.05, 0) is 22.6 Å². The Hall–Kier alpha value is -3.72. The summed E-state index contributed by atoms with van der Waals surface area (Å²) in [5, 5.41) is 25.2. The highest BCUT2D eigenvalue weighted by atomic mass is 16.4. The van der Waals surface area contributed by atoms with Gasteiger partial charge in [0, 0.05) is 24.9 Å². The molecule has 34 heavy (non-hydrogen) atoms. The van der Waals surface area contributed by atoms with Crippen molar-refractivity contribution in [3.8, 4) is 0 Å². The molecule has 3 rings (SSSR count). The van der Waals surface area contributed by atoms with Gasteiger partial charge in [0.15, 0.2) is 0 Å². The first kappa shape index (κ1) is 24.9. The van der Waals surface area contributed by atoms with Gasteiger partial charge in [0.2, 0.25) is 11.8 Å². The molecule has 0 heterocycles. The molecule has 0 unspecified atom stereocenters. The SMILES string of the molecule is CC(C)[C@@H](NCC(=O)O)C(=O)NC1(C(=O)NCc2ccc(C(=N)N)cc2)Cc2ccccc2C1. The van der Waals surface area contributed by atoms with E-state index in [1.807, 2.05) is 38.1 Å². The van der Waals surface area contributed by atoms with Crippen molar-refractivity contribution in [1.82, 2.24) is 16.0 Å². The molecule has 0 saturated heterocycles. The number of hydrogen-bond acceptors (Lipinski definition) is 5. The number of amides is 2. The number of rotatable bonds is 10. The third kappa shape index (κ3) is 5.79. The van der Waals surface area contributed by atoms with Crippen LogP contribution in [0.4, 0.5) is 0 Å². The Morgan fingerprint density at radius 1 is 1.06 bits per heavy atom. The highest BCUT2D eigenvalue weighted by molar-refractivity contribution is 5.95. The molecule has 0 aromatic heterocycles. The highest BCUT2D eigenvalue weighted by Crippen LogP contribution is 2.31. The van der Waals surface area contributed by atoms with Gasteiger partial charge in [-0.1, -0.05) is 62.4 Å². The Kier molecular flexibility index (Phi) is 7.68. The summed E-state index contributed by atoms with van der Waals surface area (Å²) in [4.78, 5) is 37.7. The number of carbonyl (C=O) groups excluding carboxylic acids is 2. The quantitative estimate of drug-likeness (QED) is 0.226. The highest BCUT2D eigenvalue weighted by Gasteiger charge is 2.46. The average Bonchev–Trinajstić information content (AvgIpc) is 3.16. The monoisotopic (exact) mass is 465 g/mol. The minimum atomic E-state index is -1.18. The van der Waals surface area contributed by atoms with Gasteiger partial charge in [-0.15, -0.1) is 0 Å². The second kappa shape index (κ2) is 10.5. The lowest BCUT2D eigenvalue weighted by atomic mass is 9.92.